The van der Waals surface area contributed by atoms with Crippen molar-refractivity contribution in [1.82, 2.24) is 15.0 Å². The van der Waals surface area contributed by atoms with Crippen LogP contribution in [-0.2, 0) is 14.4 Å². The van der Waals surface area contributed by atoms with Gasteiger partial charge in [0.05, 0.1) is 16.7 Å². The first kappa shape index (κ1) is 49.4. The van der Waals surface area contributed by atoms with Gasteiger partial charge >= 0.3 is 0 Å². The van der Waals surface area contributed by atoms with Crippen LogP contribution in [0.5, 0.6) is 0 Å². The van der Waals surface area contributed by atoms with Gasteiger partial charge in [0, 0.05) is 19.4 Å². The summed E-state index contributed by atoms with van der Waals surface area (Å²) in [5.41, 5.74) is 3.26. The van der Waals surface area contributed by atoms with Gasteiger partial charge in [-0.2, -0.15) is 15.8 Å². The van der Waals surface area contributed by atoms with Gasteiger partial charge in [0.2, 0.25) is 0 Å². The number of imidazole rings is 3. The second-order valence-electron chi connectivity index (χ2n) is 11.6. The first-order valence-corrected chi connectivity index (χ1v) is 18.0. The summed E-state index contributed by atoms with van der Waals surface area (Å²) in [6.45, 7) is 4.13. The molecular weight excluding hydrogens is 763 g/mol. The van der Waals surface area contributed by atoms with Gasteiger partial charge in [0.15, 0.2) is 18.1 Å². The third-order valence-electron chi connectivity index (χ3n) is 7.76. The van der Waals surface area contributed by atoms with Crippen LogP contribution in [-0.4, -0.2) is 34.4 Å². The largest absolute Gasteiger partial charge is 0.554 e. The molecule has 0 radical (unpaired) electrons. The van der Waals surface area contributed by atoms with Crippen LogP contribution >= 0.6 is 0 Å². The molecule has 3 heterocycles. The quantitative estimate of drug-likeness (QED) is 0.165. The molecule has 3 unspecified atom stereocenters. The number of aromatic nitrogens is 6. The molecule has 7 aromatic rings. The molecule has 7 rings (SSSR count). The highest BCUT2D eigenvalue weighted by atomic mass is 16.4. The Labute approximate surface area is 348 Å². The number of hydrogen-bond donors (Lipinski definition) is 3. The zero-order valence-corrected chi connectivity index (χ0v) is 33.2. The maximum atomic E-state index is 8.89. The second-order valence-corrected chi connectivity index (χ2v) is 11.6. The fourth-order valence-corrected chi connectivity index (χ4v) is 5.06. The number of nitrogens with zero attached hydrogens (tertiary/aromatic N) is 6. The van der Waals surface area contributed by atoms with Gasteiger partial charge in [-0.1, -0.05) is 91.0 Å². The van der Waals surface area contributed by atoms with Crippen molar-refractivity contribution >= 4 is 19.4 Å². The summed E-state index contributed by atoms with van der Waals surface area (Å²) in [5, 5.41) is 51.4. The third-order valence-corrected chi connectivity index (χ3v) is 7.76. The molecule has 0 aliphatic heterocycles. The van der Waals surface area contributed by atoms with Crippen molar-refractivity contribution in [1.29, 1.82) is 15.8 Å². The van der Waals surface area contributed by atoms with Crippen LogP contribution in [0.2, 0.25) is 0 Å². The number of nitrogens with one attached hydrogen (secondary N) is 3. The lowest BCUT2D eigenvalue weighted by molar-refractivity contribution is -0.695. The van der Waals surface area contributed by atoms with E-state index in [1.165, 1.54) is 0 Å². The highest BCUT2D eigenvalue weighted by Gasteiger charge is 2.19. The van der Waals surface area contributed by atoms with Crippen molar-refractivity contribution in [2.24, 2.45) is 0 Å². The van der Waals surface area contributed by atoms with Gasteiger partial charge in [-0.25, -0.2) is 28.7 Å². The van der Waals surface area contributed by atoms with E-state index in [0.29, 0.717) is 0 Å². The van der Waals surface area contributed by atoms with Gasteiger partial charge in [-0.05, 0) is 57.2 Å². The van der Waals surface area contributed by atoms with Gasteiger partial charge in [0.1, 0.15) is 55.4 Å². The molecule has 0 amide bonds. The van der Waals surface area contributed by atoms with E-state index in [0.717, 1.165) is 34.2 Å². The Kier molecular flexibility index (Phi) is 25.2. The average molecular weight is 808 g/mol. The lowest BCUT2D eigenvalue weighted by Crippen LogP contribution is -2.37. The Morgan fingerprint density at radius 2 is 0.617 bits per heavy atom. The van der Waals surface area contributed by atoms with Crippen LogP contribution in [0.25, 0.3) is 34.2 Å². The number of benzene rings is 4. The minimum absolute atomic E-state index is 0.161. The molecule has 0 saturated carbocycles. The predicted molar refractivity (Wildman–Crippen MR) is 215 cm³/mol. The SMILES string of the molecule is CC(C#N)[n+]1cc[nH]c1-c1ccccc1.CC(C#N)[n+]1cc[nH]c1-c1ccccc1.CC(C#N)[n+]1cc[nH]c1-c1ccccc1.O=C[O-].O=C[O-].O=C[O-].c1ccccc1. The van der Waals surface area contributed by atoms with E-state index in [1.54, 1.807) is 0 Å². The molecule has 3 N–H and O–H groups in total. The third kappa shape index (κ3) is 17.5. The van der Waals surface area contributed by atoms with Crippen molar-refractivity contribution in [3.63, 3.8) is 0 Å². The maximum absolute atomic E-state index is 8.89. The molecule has 15 nitrogen and oxygen atoms in total. The summed E-state index contributed by atoms with van der Waals surface area (Å²) in [6, 6.07) is 48.1. The summed E-state index contributed by atoms with van der Waals surface area (Å²) in [7, 11) is 0. The van der Waals surface area contributed by atoms with E-state index >= 15 is 0 Å². The summed E-state index contributed by atoms with van der Waals surface area (Å²) in [4.78, 5) is 34.2. The zero-order valence-electron chi connectivity index (χ0n) is 33.2. The van der Waals surface area contributed by atoms with Crippen molar-refractivity contribution in [3.8, 4) is 52.4 Å². The van der Waals surface area contributed by atoms with E-state index in [1.807, 2.05) is 199 Å². The molecule has 60 heavy (non-hydrogen) atoms. The topological polar surface area (TPSA) is 251 Å². The van der Waals surface area contributed by atoms with E-state index in [9.17, 15) is 0 Å². The Bertz CT molecular complexity index is 2050. The lowest BCUT2D eigenvalue weighted by Gasteiger charge is -2.01. The van der Waals surface area contributed by atoms with Crippen LogP contribution in [0.15, 0.2) is 165 Å². The molecule has 0 saturated heterocycles. The summed E-state index contributed by atoms with van der Waals surface area (Å²) >= 11 is 0. The number of nitriles is 3. The van der Waals surface area contributed by atoms with Gasteiger partial charge < -0.3 is 29.7 Å². The Morgan fingerprint density at radius 1 is 0.433 bits per heavy atom. The van der Waals surface area contributed by atoms with Gasteiger partial charge in [-0.3, -0.25) is 0 Å². The van der Waals surface area contributed by atoms with Crippen molar-refractivity contribution in [2.75, 3.05) is 0 Å². The van der Waals surface area contributed by atoms with Gasteiger partial charge in [-0.15, -0.1) is 0 Å². The van der Waals surface area contributed by atoms with Crippen LogP contribution in [0.4, 0.5) is 0 Å². The van der Waals surface area contributed by atoms with Crippen LogP contribution < -0.4 is 29.0 Å². The van der Waals surface area contributed by atoms with Gasteiger partial charge in [0.25, 0.3) is 17.5 Å². The molecular formula is C45H45N9O6. The zero-order chi connectivity index (χ0) is 44.4. The molecule has 15 heteroatoms. The standard InChI is InChI=1S/3C12H11N3.C6H6.3CH2O2/c3*1-10(9-13)15-8-7-14-12(15)11-5-3-2-4-6-11;1-2-4-6-5-3-1;3*2-1-3/h3*2-8,10H,1H3;1-6H;3*1H,(H,2,3). The lowest BCUT2D eigenvalue weighted by atomic mass is 10.2. The van der Waals surface area contributed by atoms with E-state index < -0.39 is 19.4 Å². The van der Waals surface area contributed by atoms with Crippen LogP contribution in [0.3, 0.4) is 0 Å². The monoisotopic (exact) mass is 807 g/mol. The first-order chi connectivity index (χ1) is 29.2. The fourth-order valence-electron chi connectivity index (χ4n) is 5.06. The highest BCUT2D eigenvalue weighted by molar-refractivity contribution is 5.52. The summed E-state index contributed by atoms with van der Waals surface area (Å²) in [6.07, 6.45) is 11.2. The van der Waals surface area contributed by atoms with E-state index in [4.69, 9.17) is 45.5 Å². The molecule has 0 aliphatic carbocycles. The average Bonchev–Trinajstić information content (AvgIpc) is 4.11. The summed E-state index contributed by atoms with van der Waals surface area (Å²) in [5.74, 6) is 2.89. The Morgan fingerprint density at radius 3 is 0.800 bits per heavy atom. The number of carboxylic acid groups (broad SMARTS) is 3. The molecule has 306 valence electrons. The molecule has 0 bridgehead atoms. The number of hydrogen-bond acceptors (Lipinski definition) is 9. The molecule has 0 aliphatic rings. The molecule has 3 aromatic heterocycles. The number of carbonyl (C=O) groups excluding carboxylic acids is 3. The summed E-state index contributed by atoms with van der Waals surface area (Å²) < 4.78 is 5.78. The minimum Gasteiger partial charge on any atom is -0.554 e. The molecule has 0 fully saturated rings. The van der Waals surface area contributed by atoms with Crippen LogP contribution in [0.1, 0.15) is 38.9 Å². The highest BCUT2D eigenvalue weighted by Crippen LogP contribution is 2.15. The van der Waals surface area contributed by atoms with E-state index in [-0.39, 0.29) is 18.1 Å². The van der Waals surface area contributed by atoms with Crippen molar-refractivity contribution < 1.29 is 43.4 Å². The number of carbonyl (C=O) groups is 3. The molecule has 0 spiro atoms. The normalized spacial score (nSPS) is 10.4. The number of aromatic amines is 3. The smallest absolute Gasteiger partial charge is 0.287 e. The predicted octanol–water partition coefficient (Wildman–Crippen LogP) is 2.95. The Balaban J connectivity index is 0.000000385. The van der Waals surface area contributed by atoms with Crippen molar-refractivity contribution in [2.45, 2.75) is 38.9 Å². The first-order valence-electron chi connectivity index (χ1n) is 18.0. The second kappa shape index (κ2) is 30.6. The van der Waals surface area contributed by atoms with E-state index in [2.05, 4.69) is 33.2 Å². The molecule has 4 aromatic carbocycles. The maximum Gasteiger partial charge on any atom is 0.287 e. The fraction of sp³-hybridized carbons (Fsp3) is 0.133. The minimum atomic E-state index is -0.500. The Hall–Kier alpha value is -8.61. The molecule has 3 atom stereocenters. The van der Waals surface area contributed by atoms with Crippen LogP contribution in [0, 0.1) is 34.0 Å². The number of rotatable bonds is 6. The van der Waals surface area contributed by atoms with Crippen molar-refractivity contribution in [3.05, 3.63) is 165 Å². The number of H-pyrrole nitrogens is 3.